The summed E-state index contributed by atoms with van der Waals surface area (Å²) in [5.74, 6) is 0.0329. The summed E-state index contributed by atoms with van der Waals surface area (Å²) in [6, 6.07) is 12.3. The van der Waals surface area contributed by atoms with Crippen molar-refractivity contribution in [3.63, 3.8) is 0 Å². The first kappa shape index (κ1) is 20.2. The SMILES string of the molecule is COc1ccc(NC(=O)CN(Cc2ccc(C)cc2)S(C)(=O)=O)cc1Cl. The van der Waals surface area contributed by atoms with Crippen molar-refractivity contribution >= 4 is 33.2 Å². The number of aryl methyl sites for hydroxylation is 1. The van der Waals surface area contributed by atoms with Gasteiger partial charge >= 0.3 is 0 Å². The molecular formula is C18H21ClN2O4S. The zero-order chi connectivity index (χ0) is 19.3. The molecule has 0 radical (unpaired) electrons. The van der Waals surface area contributed by atoms with Gasteiger partial charge in [0, 0.05) is 12.2 Å². The Morgan fingerprint density at radius 3 is 2.38 bits per heavy atom. The van der Waals surface area contributed by atoms with Crippen LogP contribution in [0, 0.1) is 6.92 Å². The van der Waals surface area contributed by atoms with Gasteiger partial charge in [0.05, 0.1) is 24.9 Å². The lowest BCUT2D eigenvalue weighted by Gasteiger charge is -2.20. The molecule has 0 bridgehead atoms. The molecule has 0 unspecified atom stereocenters. The first-order valence-corrected chi connectivity index (χ1v) is 10.1. The van der Waals surface area contributed by atoms with Crippen LogP contribution < -0.4 is 10.1 Å². The molecule has 0 aliphatic rings. The minimum Gasteiger partial charge on any atom is -0.495 e. The zero-order valence-corrected chi connectivity index (χ0v) is 16.4. The van der Waals surface area contributed by atoms with Crippen LogP contribution in [0.15, 0.2) is 42.5 Å². The molecule has 0 aliphatic heterocycles. The van der Waals surface area contributed by atoms with Gasteiger partial charge in [0.15, 0.2) is 0 Å². The standard InChI is InChI=1S/C18H21ClN2O4S/c1-13-4-6-14(7-5-13)11-21(26(3,23)24)12-18(22)20-15-8-9-17(25-2)16(19)10-15/h4-10H,11-12H2,1-3H3,(H,20,22). The molecule has 0 saturated heterocycles. The zero-order valence-electron chi connectivity index (χ0n) is 14.8. The molecule has 0 atom stereocenters. The number of methoxy groups -OCH3 is 1. The Morgan fingerprint density at radius 1 is 1.19 bits per heavy atom. The summed E-state index contributed by atoms with van der Waals surface area (Å²) in [6.45, 7) is 1.78. The van der Waals surface area contributed by atoms with E-state index >= 15 is 0 Å². The van der Waals surface area contributed by atoms with E-state index in [2.05, 4.69) is 5.32 Å². The van der Waals surface area contributed by atoms with Crippen LogP contribution in [-0.4, -0.2) is 38.5 Å². The predicted molar refractivity (Wildman–Crippen MR) is 103 cm³/mol. The molecule has 0 spiro atoms. The molecule has 0 aromatic heterocycles. The largest absolute Gasteiger partial charge is 0.495 e. The van der Waals surface area contributed by atoms with E-state index < -0.39 is 15.9 Å². The highest BCUT2D eigenvalue weighted by atomic mass is 35.5. The molecule has 2 aromatic rings. The number of rotatable bonds is 7. The van der Waals surface area contributed by atoms with Crippen LogP contribution in [0.3, 0.4) is 0 Å². The summed E-state index contributed by atoms with van der Waals surface area (Å²) in [5.41, 5.74) is 2.35. The van der Waals surface area contributed by atoms with E-state index in [1.807, 2.05) is 31.2 Å². The Kier molecular flexibility index (Phi) is 6.63. The molecule has 1 amide bonds. The topological polar surface area (TPSA) is 75.7 Å². The number of carbonyl (C=O) groups is 1. The van der Waals surface area contributed by atoms with E-state index in [9.17, 15) is 13.2 Å². The smallest absolute Gasteiger partial charge is 0.239 e. The Morgan fingerprint density at radius 2 is 1.85 bits per heavy atom. The van der Waals surface area contributed by atoms with E-state index in [1.165, 1.54) is 7.11 Å². The molecule has 0 heterocycles. The van der Waals surface area contributed by atoms with Crippen LogP contribution in [0.2, 0.25) is 5.02 Å². The van der Waals surface area contributed by atoms with Crippen molar-refractivity contribution in [2.24, 2.45) is 0 Å². The Labute approximate surface area is 158 Å². The summed E-state index contributed by atoms with van der Waals surface area (Å²) < 4.78 is 30.3. The molecule has 140 valence electrons. The van der Waals surface area contributed by atoms with Crippen molar-refractivity contribution in [1.82, 2.24) is 4.31 Å². The number of nitrogens with zero attached hydrogens (tertiary/aromatic N) is 1. The van der Waals surface area contributed by atoms with Crippen LogP contribution in [0.1, 0.15) is 11.1 Å². The molecule has 6 nitrogen and oxygen atoms in total. The molecule has 2 rings (SSSR count). The number of ether oxygens (including phenoxy) is 1. The summed E-state index contributed by atoms with van der Waals surface area (Å²) in [7, 11) is -2.06. The van der Waals surface area contributed by atoms with Gasteiger partial charge in [-0.1, -0.05) is 41.4 Å². The fourth-order valence-corrected chi connectivity index (χ4v) is 3.29. The van der Waals surface area contributed by atoms with Gasteiger partial charge < -0.3 is 10.1 Å². The first-order chi connectivity index (χ1) is 12.2. The normalized spacial score (nSPS) is 11.4. The quantitative estimate of drug-likeness (QED) is 0.780. The lowest BCUT2D eigenvalue weighted by Crippen LogP contribution is -2.36. The molecule has 0 fully saturated rings. The fourth-order valence-electron chi connectivity index (χ4n) is 2.29. The molecule has 2 aromatic carbocycles. The number of nitrogens with one attached hydrogen (secondary N) is 1. The van der Waals surface area contributed by atoms with Crippen molar-refractivity contribution in [2.45, 2.75) is 13.5 Å². The number of hydrogen-bond donors (Lipinski definition) is 1. The maximum Gasteiger partial charge on any atom is 0.239 e. The lowest BCUT2D eigenvalue weighted by atomic mass is 10.1. The maximum absolute atomic E-state index is 12.3. The van der Waals surface area contributed by atoms with Crippen molar-refractivity contribution in [3.05, 3.63) is 58.6 Å². The second kappa shape index (κ2) is 8.53. The second-order valence-corrected chi connectivity index (χ2v) is 8.30. The molecule has 8 heteroatoms. The molecule has 26 heavy (non-hydrogen) atoms. The van der Waals surface area contributed by atoms with Crippen LogP contribution in [0.4, 0.5) is 5.69 Å². The van der Waals surface area contributed by atoms with Crippen molar-refractivity contribution in [2.75, 3.05) is 25.2 Å². The number of anilines is 1. The Balaban J connectivity index is 2.09. The van der Waals surface area contributed by atoms with E-state index in [4.69, 9.17) is 16.3 Å². The van der Waals surface area contributed by atoms with Gasteiger partial charge in [-0.05, 0) is 30.7 Å². The van der Waals surface area contributed by atoms with Crippen molar-refractivity contribution in [1.29, 1.82) is 0 Å². The lowest BCUT2D eigenvalue weighted by molar-refractivity contribution is -0.116. The van der Waals surface area contributed by atoms with Gasteiger partial charge in [-0.15, -0.1) is 0 Å². The number of amides is 1. The molecule has 0 saturated carbocycles. The van der Waals surface area contributed by atoms with Gasteiger partial charge in [-0.3, -0.25) is 4.79 Å². The van der Waals surface area contributed by atoms with Gasteiger partial charge in [0.25, 0.3) is 0 Å². The number of benzene rings is 2. The molecule has 1 N–H and O–H groups in total. The third kappa shape index (κ3) is 5.72. The van der Waals surface area contributed by atoms with Gasteiger partial charge in [0.2, 0.25) is 15.9 Å². The second-order valence-electron chi connectivity index (χ2n) is 5.91. The van der Waals surface area contributed by atoms with Gasteiger partial charge in [-0.25, -0.2) is 8.42 Å². The average molecular weight is 397 g/mol. The monoisotopic (exact) mass is 396 g/mol. The van der Waals surface area contributed by atoms with E-state index in [0.717, 1.165) is 21.7 Å². The Hall–Kier alpha value is -2.09. The fraction of sp³-hybridized carbons (Fsp3) is 0.278. The highest BCUT2D eigenvalue weighted by Crippen LogP contribution is 2.27. The van der Waals surface area contributed by atoms with Crippen LogP contribution >= 0.6 is 11.6 Å². The van der Waals surface area contributed by atoms with Gasteiger partial charge in [-0.2, -0.15) is 4.31 Å². The summed E-state index contributed by atoms with van der Waals surface area (Å²) >= 11 is 6.03. The number of hydrogen-bond acceptors (Lipinski definition) is 4. The number of halogens is 1. The Bertz CT molecular complexity index is 883. The van der Waals surface area contributed by atoms with E-state index in [-0.39, 0.29) is 13.1 Å². The minimum absolute atomic E-state index is 0.121. The number of carbonyl (C=O) groups excluding carboxylic acids is 1. The van der Waals surface area contributed by atoms with Crippen molar-refractivity contribution < 1.29 is 17.9 Å². The average Bonchev–Trinajstić information content (AvgIpc) is 2.55. The molecular weight excluding hydrogens is 376 g/mol. The van der Waals surface area contributed by atoms with Crippen LogP contribution in [0.25, 0.3) is 0 Å². The third-order valence-corrected chi connectivity index (χ3v) is 5.20. The summed E-state index contributed by atoms with van der Waals surface area (Å²) in [5, 5.41) is 3.00. The number of sulfonamides is 1. The maximum atomic E-state index is 12.3. The molecule has 0 aliphatic carbocycles. The highest BCUT2D eigenvalue weighted by molar-refractivity contribution is 7.88. The first-order valence-electron chi connectivity index (χ1n) is 7.83. The van der Waals surface area contributed by atoms with Gasteiger partial charge in [0.1, 0.15) is 5.75 Å². The summed E-state index contributed by atoms with van der Waals surface area (Å²) in [6.07, 6.45) is 1.08. The van der Waals surface area contributed by atoms with Crippen molar-refractivity contribution in [3.8, 4) is 5.75 Å². The van der Waals surface area contributed by atoms with E-state index in [0.29, 0.717) is 16.5 Å². The predicted octanol–water partition coefficient (Wildman–Crippen LogP) is 3.06. The summed E-state index contributed by atoms with van der Waals surface area (Å²) in [4.78, 5) is 12.3. The minimum atomic E-state index is -3.55. The van der Waals surface area contributed by atoms with Crippen LogP contribution in [-0.2, 0) is 21.4 Å². The third-order valence-electron chi connectivity index (χ3n) is 3.70. The highest BCUT2D eigenvalue weighted by Gasteiger charge is 2.20. The van der Waals surface area contributed by atoms with E-state index in [1.54, 1.807) is 18.2 Å². The van der Waals surface area contributed by atoms with Crippen LogP contribution in [0.5, 0.6) is 5.75 Å².